The third kappa shape index (κ3) is 3.74. The van der Waals surface area contributed by atoms with Crippen molar-refractivity contribution in [3.05, 3.63) is 90.4 Å². The fourth-order valence-corrected chi connectivity index (χ4v) is 5.39. The Bertz CT molecular complexity index is 1110. The molecule has 158 valence electrons. The van der Waals surface area contributed by atoms with Crippen LogP contribution < -0.4 is 4.90 Å². The Morgan fingerprint density at radius 1 is 1.19 bits per heavy atom. The Labute approximate surface area is 181 Å². The molecule has 2 bridgehead atoms. The molecule has 4 heterocycles. The van der Waals surface area contributed by atoms with Gasteiger partial charge in [-0.1, -0.05) is 24.3 Å². The summed E-state index contributed by atoms with van der Waals surface area (Å²) < 4.78 is 19.5. The van der Waals surface area contributed by atoms with Crippen LogP contribution in [0.4, 0.5) is 4.39 Å². The van der Waals surface area contributed by atoms with E-state index < -0.39 is 12.1 Å². The number of para-hydroxylation sites is 1. The van der Waals surface area contributed by atoms with Gasteiger partial charge in [-0.2, -0.15) is 0 Å². The molecule has 1 unspecified atom stereocenters. The average molecular weight is 418 g/mol. The second kappa shape index (κ2) is 8.23. The van der Waals surface area contributed by atoms with Gasteiger partial charge in [0.05, 0.1) is 24.2 Å². The highest BCUT2D eigenvalue weighted by molar-refractivity contribution is 5.90. The number of halogens is 1. The van der Waals surface area contributed by atoms with E-state index in [-0.39, 0.29) is 11.9 Å². The van der Waals surface area contributed by atoms with Crippen molar-refractivity contribution in [3.8, 4) is 0 Å². The second-order valence-electron chi connectivity index (χ2n) is 8.65. The van der Waals surface area contributed by atoms with E-state index in [9.17, 15) is 9.18 Å². The van der Waals surface area contributed by atoms with Crippen LogP contribution in [0.25, 0.3) is 10.9 Å². The molecule has 3 aliphatic heterocycles. The number of esters is 1. The number of pyridine rings is 1. The molecule has 3 fully saturated rings. The molecule has 1 aromatic heterocycles. The van der Waals surface area contributed by atoms with Crippen molar-refractivity contribution in [2.24, 2.45) is 11.8 Å². The summed E-state index contributed by atoms with van der Waals surface area (Å²) >= 11 is 0. The maximum Gasteiger partial charge on any atom is 0.338 e. The molecule has 0 aliphatic carbocycles. The maximum absolute atomic E-state index is 13.3. The number of rotatable bonds is 5. The molecule has 5 atom stereocenters. The second-order valence-corrected chi connectivity index (χ2v) is 8.65. The van der Waals surface area contributed by atoms with Crippen molar-refractivity contribution >= 4 is 16.9 Å². The number of hydrogen-bond acceptors (Lipinski definition) is 3. The monoisotopic (exact) mass is 417 g/mol. The number of fused-ring (bicyclic) bond motifs is 4. The molecule has 0 radical (unpaired) electrons. The summed E-state index contributed by atoms with van der Waals surface area (Å²) in [5, 5.41) is 1.00. The number of nitrogens with one attached hydrogen (secondary N) is 1. The first-order valence-corrected chi connectivity index (χ1v) is 10.9. The largest absolute Gasteiger partial charge is 0.447 e. The lowest BCUT2D eigenvalue weighted by atomic mass is 9.73. The van der Waals surface area contributed by atoms with Crippen LogP contribution in [-0.4, -0.2) is 30.1 Å². The van der Waals surface area contributed by atoms with Gasteiger partial charge in [0.15, 0.2) is 6.10 Å². The summed E-state index contributed by atoms with van der Waals surface area (Å²) in [6, 6.07) is 15.6. The third-order valence-corrected chi connectivity index (χ3v) is 6.99. The Hall–Kier alpha value is -3.05. The van der Waals surface area contributed by atoms with Gasteiger partial charge in [-0.05, 0) is 42.3 Å². The number of hydrogen-bond donors (Lipinski definition) is 1. The van der Waals surface area contributed by atoms with Gasteiger partial charge < -0.3 is 9.64 Å². The van der Waals surface area contributed by atoms with Crippen LogP contribution in [0.1, 0.15) is 34.9 Å². The predicted molar refractivity (Wildman–Crippen MR) is 117 cm³/mol. The summed E-state index contributed by atoms with van der Waals surface area (Å²) in [5.74, 6) is 0.291. The maximum atomic E-state index is 13.3. The normalized spacial score (nSPS) is 25.8. The molecule has 0 saturated carbocycles. The van der Waals surface area contributed by atoms with Crippen LogP contribution in [0.3, 0.4) is 0 Å². The quantitative estimate of drug-likeness (QED) is 0.508. The fourth-order valence-electron chi connectivity index (χ4n) is 5.39. The zero-order valence-electron chi connectivity index (χ0n) is 17.3. The Kier molecular flexibility index (Phi) is 5.28. The minimum atomic E-state index is -0.423. The molecule has 6 rings (SSSR count). The van der Waals surface area contributed by atoms with Gasteiger partial charge in [0, 0.05) is 35.9 Å². The van der Waals surface area contributed by atoms with Gasteiger partial charge in [0.2, 0.25) is 0 Å². The van der Waals surface area contributed by atoms with E-state index in [4.69, 9.17) is 4.74 Å². The fraction of sp³-hybridized carbons (Fsp3) is 0.308. The van der Waals surface area contributed by atoms with Crippen LogP contribution >= 0.6 is 0 Å². The average Bonchev–Trinajstić information content (AvgIpc) is 2.82. The highest BCUT2D eigenvalue weighted by Crippen LogP contribution is 2.36. The molecule has 31 heavy (non-hydrogen) atoms. The number of quaternary nitrogens is 1. The molecule has 2 aromatic carbocycles. The predicted octanol–water partition coefficient (Wildman–Crippen LogP) is 3.75. The number of piperidine rings is 3. The molecular weight excluding hydrogens is 391 g/mol. The highest BCUT2D eigenvalue weighted by atomic mass is 19.1. The molecular formula is C26H26FN2O2+. The number of benzene rings is 2. The third-order valence-electron chi connectivity index (χ3n) is 6.99. The number of aromatic nitrogens is 1. The Balaban J connectivity index is 1.53. The van der Waals surface area contributed by atoms with Crippen molar-refractivity contribution in [2.45, 2.75) is 25.0 Å². The van der Waals surface area contributed by atoms with Gasteiger partial charge in [-0.25, -0.2) is 9.18 Å². The SMILES string of the molecule is C=C[C@H]1C[NH+]2CC[C@H]1C[C@H]2[C@H](OC(=O)c1ccc(F)cc1)c1ccnc2ccccc12. The van der Waals surface area contributed by atoms with Gasteiger partial charge >= 0.3 is 5.97 Å². The van der Waals surface area contributed by atoms with Crippen LogP contribution in [0.2, 0.25) is 0 Å². The lowest BCUT2D eigenvalue weighted by Crippen LogP contribution is -3.20. The first kappa shape index (κ1) is 19.9. The highest BCUT2D eigenvalue weighted by Gasteiger charge is 2.47. The lowest BCUT2D eigenvalue weighted by molar-refractivity contribution is -0.949. The molecule has 3 saturated heterocycles. The van der Waals surface area contributed by atoms with E-state index in [1.54, 1.807) is 6.20 Å². The lowest BCUT2D eigenvalue weighted by Gasteiger charge is -2.48. The van der Waals surface area contributed by atoms with Crippen molar-refractivity contribution in [1.82, 2.24) is 4.98 Å². The van der Waals surface area contributed by atoms with E-state index in [1.807, 2.05) is 30.3 Å². The molecule has 3 aliphatic rings. The van der Waals surface area contributed by atoms with Gasteiger partial charge in [0.25, 0.3) is 0 Å². The molecule has 0 spiro atoms. The zero-order valence-corrected chi connectivity index (χ0v) is 17.3. The van der Waals surface area contributed by atoms with Crippen LogP contribution in [0.15, 0.2) is 73.4 Å². The molecule has 0 amide bonds. The zero-order chi connectivity index (χ0) is 21.4. The van der Waals surface area contributed by atoms with Crippen molar-refractivity contribution in [1.29, 1.82) is 0 Å². The summed E-state index contributed by atoms with van der Waals surface area (Å²) in [7, 11) is 0. The Morgan fingerprint density at radius 2 is 2.00 bits per heavy atom. The smallest absolute Gasteiger partial charge is 0.338 e. The number of nitrogens with zero attached hydrogens (tertiary/aromatic N) is 1. The van der Waals surface area contributed by atoms with E-state index in [2.05, 4.69) is 17.6 Å². The molecule has 4 nitrogen and oxygen atoms in total. The van der Waals surface area contributed by atoms with Crippen molar-refractivity contribution in [2.75, 3.05) is 13.1 Å². The van der Waals surface area contributed by atoms with Gasteiger partial charge in [-0.3, -0.25) is 4.98 Å². The summed E-state index contributed by atoms with van der Waals surface area (Å²) in [6.45, 7) is 6.13. The first-order chi connectivity index (χ1) is 15.1. The minimum Gasteiger partial charge on any atom is -0.447 e. The van der Waals surface area contributed by atoms with Gasteiger partial charge in [0.1, 0.15) is 11.9 Å². The topological polar surface area (TPSA) is 43.6 Å². The van der Waals surface area contributed by atoms with E-state index in [1.165, 1.54) is 35.6 Å². The summed E-state index contributed by atoms with van der Waals surface area (Å²) in [5.41, 5.74) is 2.23. The van der Waals surface area contributed by atoms with Crippen molar-refractivity contribution in [3.63, 3.8) is 0 Å². The van der Waals surface area contributed by atoms with E-state index in [0.717, 1.165) is 36.0 Å². The van der Waals surface area contributed by atoms with Crippen molar-refractivity contribution < 1.29 is 18.8 Å². The number of carbonyl (C=O) groups is 1. The van der Waals surface area contributed by atoms with Gasteiger partial charge in [-0.15, -0.1) is 6.58 Å². The summed E-state index contributed by atoms with van der Waals surface area (Å²) in [6.07, 6.45) is 5.65. The van der Waals surface area contributed by atoms with Crippen LogP contribution in [0.5, 0.6) is 0 Å². The minimum absolute atomic E-state index is 0.171. The standard InChI is InChI=1S/C26H25FN2O2/c1-2-17-16-29-14-12-19(17)15-24(29)25(31-26(30)18-7-9-20(27)10-8-18)22-11-13-28-23-6-4-3-5-21(22)23/h2-11,13,17,19,24-25H,1,12,14-16H2/p+1/t17-,19-,24-,25+/m0/s1. The summed E-state index contributed by atoms with van der Waals surface area (Å²) in [4.78, 5) is 19.0. The number of carbonyl (C=O) groups excluding carboxylic acids is 1. The van der Waals surface area contributed by atoms with E-state index in [0.29, 0.717) is 17.4 Å². The van der Waals surface area contributed by atoms with Crippen LogP contribution in [-0.2, 0) is 4.74 Å². The van der Waals surface area contributed by atoms with E-state index >= 15 is 0 Å². The Morgan fingerprint density at radius 3 is 2.74 bits per heavy atom. The molecule has 3 aromatic rings. The molecule has 1 N–H and O–H groups in total. The molecule has 5 heteroatoms. The van der Waals surface area contributed by atoms with Crippen LogP contribution in [0, 0.1) is 17.7 Å². The number of ether oxygens (including phenoxy) is 1. The first-order valence-electron chi connectivity index (χ1n) is 10.9.